The van der Waals surface area contributed by atoms with E-state index in [-0.39, 0.29) is 6.03 Å². The van der Waals surface area contributed by atoms with Crippen molar-refractivity contribution in [2.24, 2.45) is 0 Å². The summed E-state index contributed by atoms with van der Waals surface area (Å²) in [6, 6.07) is 14.9. The third-order valence-electron chi connectivity index (χ3n) is 3.52. The Balaban J connectivity index is 1.54. The first-order valence-electron chi connectivity index (χ1n) is 7.51. The van der Waals surface area contributed by atoms with Gasteiger partial charge in [-0.25, -0.2) is 9.78 Å². The van der Waals surface area contributed by atoms with Gasteiger partial charge in [0.1, 0.15) is 5.75 Å². The van der Waals surface area contributed by atoms with Gasteiger partial charge in [-0.1, -0.05) is 18.2 Å². The van der Waals surface area contributed by atoms with Crippen LogP contribution < -0.4 is 15.4 Å². The van der Waals surface area contributed by atoms with Crippen LogP contribution in [0.3, 0.4) is 0 Å². The summed E-state index contributed by atoms with van der Waals surface area (Å²) in [7, 11) is 1.59. The van der Waals surface area contributed by atoms with E-state index in [9.17, 15) is 4.79 Å². The summed E-state index contributed by atoms with van der Waals surface area (Å²) < 4.78 is 7.05. The van der Waals surface area contributed by atoms with Crippen LogP contribution in [-0.4, -0.2) is 22.7 Å². The molecule has 0 aliphatic carbocycles. The van der Waals surface area contributed by atoms with Gasteiger partial charge in [-0.15, -0.1) is 0 Å². The Kier molecular flexibility index (Phi) is 4.76. The van der Waals surface area contributed by atoms with Gasteiger partial charge < -0.3 is 19.9 Å². The SMILES string of the molecule is COc1cccc(NC(=O)NCc2ccc(-n3ccnc3)cc2)c1. The Hall–Kier alpha value is -3.28. The number of carbonyl (C=O) groups is 1. The highest BCUT2D eigenvalue weighted by Gasteiger charge is 2.03. The second-order valence-corrected chi connectivity index (χ2v) is 5.18. The van der Waals surface area contributed by atoms with E-state index in [1.54, 1.807) is 25.7 Å². The molecule has 0 unspecified atom stereocenters. The van der Waals surface area contributed by atoms with E-state index in [4.69, 9.17) is 4.74 Å². The Morgan fingerprint density at radius 3 is 2.75 bits per heavy atom. The molecule has 0 fully saturated rings. The number of imidazole rings is 1. The van der Waals surface area contributed by atoms with Crippen molar-refractivity contribution in [2.45, 2.75) is 6.54 Å². The smallest absolute Gasteiger partial charge is 0.319 e. The second kappa shape index (κ2) is 7.32. The Bertz CT molecular complexity index is 798. The quantitative estimate of drug-likeness (QED) is 0.758. The van der Waals surface area contributed by atoms with Crippen molar-refractivity contribution in [1.29, 1.82) is 0 Å². The van der Waals surface area contributed by atoms with E-state index in [0.29, 0.717) is 18.0 Å². The maximum Gasteiger partial charge on any atom is 0.319 e. The van der Waals surface area contributed by atoms with Crippen LogP contribution in [0.2, 0.25) is 0 Å². The highest BCUT2D eigenvalue weighted by molar-refractivity contribution is 5.89. The molecule has 2 N–H and O–H groups in total. The molecular formula is C18H18N4O2. The molecule has 0 saturated heterocycles. The molecule has 0 radical (unpaired) electrons. The zero-order valence-electron chi connectivity index (χ0n) is 13.3. The third-order valence-corrected chi connectivity index (χ3v) is 3.52. The number of urea groups is 1. The normalized spacial score (nSPS) is 10.2. The van der Waals surface area contributed by atoms with Crippen LogP contribution in [0.5, 0.6) is 5.75 Å². The molecule has 1 aromatic heterocycles. The lowest BCUT2D eigenvalue weighted by Gasteiger charge is -2.09. The first kappa shape index (κ1) is 15.6. The fraction of sp³-hybridized carbons (Fsp3) is 0.111. The average molecular weight is 322 g/mol. The summed E-state index contributed by atoms with van der Waals surface area (Å²) in [6.45, 7) is 0.444. The van der Waals surface area contributed by atoms with Gasteiger partial charge >= 0.3 is 6.03 Å². The van der Waals surface area contributed by atoms with Gasteiger partial charge in [0.25, 0.3) is 0 Å². The molecule has 0 spiro atoms. The molecule has 2 amide bonds. The van der Waals surface area contributed by atoms with E-state index in [1.807, 2.05) is 53.2 Å². The molecule has 0 saturated carbocycles. The van der Waals surface area contributed by atoms with Crippen LogP contribution in [0.15, 0.2) is 67.3 Å². The summed E-state index contributed by atoms with van der Waals surface area (Å²) in [4.78, 5) is 16.0. The Morgan fingerprint density at radius 2 is 2.04 bits per heavy atom. The third kappa shape index (κ3) is 3.92. The molecule has 3 rings (SSSR count). The van der Waals surface area contributed by atoms with E-state index in [1.165, 1.54) is 0 Å². The number of amides is 2. The number of ether oxygens (including phenoxy) is 1. The summed E-state index contributed by atoms with van der Waals surface area (Å²) in [5.74, 6) is 0.697. The number of nitrogens with one attached hydrogen (secondary N) is 2. The highest BCUT2D eigenvalue weighted by atomic mass is 16.5. The van der Waals surface area contributed by atoms with Crippen molar-refractivity contribution >= 4 is 11.7 Å². The van der Waals surface area contributed by atoms with Crippen molar-refractivity contribution < 1.29 is 9.53 Å². The maximum absolute atomic E-state index is 12.0. The molecular weight excluding hydrogens is 304 g/mol. The monoisotopic (exact) mass is 322 g/mol. The fourth-order valence-electron chi connectivity index (χ4n) is 2.26. The summed E-state index contributed by atoms with van der Waals surface area (Å²) >= 11 is 0. The standard InChI is InChI=1S/C18H18N4O2/c1-24-17-4-2-3-15(11-17)21-18(23)20-12-14-5-7-16(8-6-14)22-10-9-19-13-22/h2-11,13H,12H2,1H3,(H2,20,21,23). The number of carbonyl (C=O) groups excluding carboxylic acids is 1. The van der Waals surface area contributed by atoms with Gasteiger partial charge in [0.05, 0.1) is 13.4 Å². The van der Waals surface area contributed by atoms with Gasteiger partial charge in [-0.2, -0.15) is 0 Å². The number of rotatable bonds is 5. The lowest BCUT2D eigenvalue weighted by molar-refractivity contribution is 0.251. The highest BCUT2D eigenvalue weighted by Crippen LogP contribution is 2.16. The van der Waals surface area contributed by atoms with Crippen LogP contribution in [0.1, 0.15) is 5.56 Å². The van der Waals surface area contributed by atoms with E-state index in [0.717, 1.165) is 11.3 Å². The zero-order valence-corrected chi connectivity index (χ0v) is 13.3. The van der Waals surface area contributed by atoms with Crippen LogP contribution in [0, 0.1) is 0 Å². The first-order valence-corrected chi connectivity index (χ1v) is 7.51. The molecule has 3 aromatic rings. The van der Waals surface area contributed by atoms with Crippen molar-refractivity contribution in [3.05, 3.63) is 72.8 Å². The lowest BCUT2D eigenvalue weighted by atomic mass is 10.2. The zero-order chi connectivity index (χ0) is 16.8. The molecule has 0 aliphatic heterocycles. The minimum atomic E-state index is -0.262. The van der Waals surface area contributed by atoms with Crippen molar-refractivity contribution in [3.8, 4) is 11.4 Å². The number of hydrogen-bond acceptors (Lipinski definition) is 3. The predicted molar refractivity (Wildman–Crippen MR) is 92.4 cm³/mol. The van der Waals surface area contributed by atoms with E-state index in [2.05, 4.69) is 15.6 Å². The number of nitrogens with zero attached hydrogens (tertiary/aromatic N) is 2. The number of methoxy groups -OCH3 is 1. The van der Waals surface area contributed by atoms with Crippen LogP contribution in [-0.2, 0) is 6.54 Å². The number of anilines is 1. The number of hydrogen-bond donors (Lipinski definition) is 2. The minimum absolute atomic E-state index is 0.262. The molecule has 6 heteroatoms. The molecule has 0 aliphatic rings. The molecule has 24 heavy (non-hydrogen) atoms. The molecule has 6 nitrogen and oxygen atoms in total. The summed E-state index contributed by atoms with van der Waals surface area (Å²) in [6.07, 6.45) is 5.36. The predicted octanol–water partition coefficient (Wildman–Crippen LogP) is 3.20. The van der Waals surface area contributed by atoms with Crippen LogP contribution >= 0.6 is 0 Å². The fourth-order valence-corrected chi connectivity index (χ4v) is 2.26. The largest absolute Gasteiger partial charge is 0.497 e. The van der Waals surface area contributed by atoms with Crippen molar-refractivity contribution in [2.75, 3.05) is 12.4 Å². The van der Waals surface area contributed by atoms with Gasteiger partial charge in [-0.05, 0) is 29.8 Å². The van der Waals surface area contributed by atoms with E-state index >= 15 is 0 Å². The first-order chi connectivity index (χ1) is 11.7. The summed E-state index contributed by atoms with van der Waals surface area (Å²) in [5.41, 5.74) is 2.72. The van der Waals surface area contributed by atoms with Crippen molar-refractivity contribution in [1.82, 2.24) is 14.9 Å². The van der Waals surface area contributed by atoms with Crippen molar-refractivity contribution in [3.63, 3.8) is 0 Å². The number of aromatic nitrogens is 2. The van der Waals surface area contributed by atoms with E-state index < -0.39 is 0 Å². The van der Waals surface area contributed by atoms with Gasteiger partial charge in [0.2, 0.25) is 0 Å². The van der Waals surface area contributed by atoms with Gasteiger partial charge in [-0.3, -0.25) is 0 Å². The molecule has 1 heterocycles. The number of benzene rings is 2. The molecule has 0 bridgehead atoms. The maximum atomic E-state index is 12.0. The molecule has 0 atom stereocenters. The van der Waals surface area contributed by atoms with Crippen LogP contribution in [0.25, 0.3) is 5.69 Å². The Labute approximate surface area is 140 Å². The molecule has 2 aromatic carbocycles. The summed E-state index contributed by atoms with van der Waals surface area (Å²) in [5, 5.41) is 5.61. The average Bonchev–Trinajstić information content (AvgIpc) is 3.15. The van der Waals surface area contributed by atoms with Gasteiger partial charge in [0.15, 0.2) is 0 Å². The second-order valence-electron chi connectivity index (χ2n) is 5.18. The lowest BCUT2D eigenvalue weighted by Crippen LogP contribution is -2.28. The van der Waals surface area contributed by atoms with Crippen LogP contribution in [0.4, 0.5) is 10.5 Å². The molecule has 122 valence electrons. The Morgan fingerprint density at radius 1 is 1.21 bits per heavy atom. The topological polar surface area (TPSA) is 68.2 Å². The van der Waals surface area contributed by atoms with Gasteiger partial charge in [0, 0.05) is 36.4 Å². The minimum Gasteiger partial charge on any atom is -0.497 e.